The molecule has 0 unspecified atom stereocenters. The topological polar surface area (TPSA) is 75.5 Å². The molecule has 8 heteroatoms. The Labute approximate surface area is 118 Å². The first-order valence-corrected chi connectivity index (χ1v) is 6.64. The van der Waals surface area contributed by atoms with Gasteiger partial charge in [-0.1, -0.05) is 0 Å². The smallest absolute Gasteiger partial charge is 0.308 e. The number of rotatable bonds is 2. The fourth-order valence-corrected chi connectivity index (χ4v) is 3.12. The molecule has 1 aromatic rings. The number of amides is 1. The third kappa shape index (κ3) is 2.25. The zero-order valence-electron chi connectivity index (χ0n) is 11.0. The van der Waals surface area contributed by atoms with Crippen molar-refractivity contribution in [3.05, 3.63) is 39.4 Å². The van der Waals surface area contributed by atoms with Gasteiger partial charge in [0.25, 0.3) is 5.91 Å². The Morgan fingerprint density at radius 2 is 2.14 bits per heavy atom. The number of halogens is 2. The first-order valence-electron chi connectivity index (χ1n) is 6.64. The van der Waals surface area contributed by atoms with Crippen molar-refractivity contribution in [2.75, 3.05) is 19.6 Å². The van der Waals surface area contributed by atoms with Crippen LogP contribution in [0.2, 0.25) is 0 Å². The van der Waals surface area contributed by atoms with E-state index in [0.29, 0.717) is 25.1 Å². The van der Waals surface area contributed by atoms with Crippen LogP contribution < -0.4 is 5.32 Å². The first-order chi connectivity index (χ1) is 9.99. The second-order valence-corrected chi connectivity index (χ2v) is 5.32. The zero-order chi connectivity index (χ0) is 15.1. The Balaban J connectivity index is 1.96. The average molecular weight is 297 g/mol. The molecule has 0 radical (unpaired) electrons. The van der Waals surface area contributed by atoms with Gasteiger partial charge in [0.1, 0.15) is 5.82 Å². The molecule has 0 spiro atoms. The van der Waals surface area contributed by atoms with Crippen LogP contribution in [0.1, 0.15) is 16.8 Å². The summed E-state index contributed by atoms with van der Waals surface area (Å²) in [5.41, 5.74) is -1.59. The lowest BCUT2D eigenvalue weighted by Crippen LogP contribution is -2.39. The van der Waals surface area contributed by atoms with Gasteiger partial charge in [0.05, 0.1) is 16.6 Å². The van der Waals surface area contributed by atoms with E-state index >= 15 is 0 Å². The van der Waals surface area contributed by atoms with E-state index in [2.05, 4.69) is 5.32 Å². The number of nitrogens with one attached hydrogen (secondary N) is 1. The van der Waals surface area contributed by atoms with Crippen molar-refractivity contribution in [2.24, 2.45) is 5.92 Å². The van der Waals surface area contributed by atoms with Gasteiger partial charge in [-0.2, -0.15) is 4.39 Å². The summed E-state index contributed by atoms with van der Waals surface area (Å²) in [4.78, 5) is 23.6. The number of hydrogen-bond donors (Lipinski definition) is 1. The molecule has 2 fully saturated rings. The molecule has 3 rings (SSSR count). The molecule has 2 aliphatic heterocycles. The molecule has 2 saturated heterocycles. The van der Waals surface area contributed by atoms with Crippen molar-refractivity contribution in [1.82, 2.24) is 10.2 Å². The number of nitro benzene ring substituents is 1. The summed E-state index contributed by atoms with van der Waals surface area (Å²) in [6, 6.07) is 1.15. The van der Waals surface area contributed by atoms with Crippen molar-refractivity contribution in [3.8, 4) is 0 Å². The van der Waals surface area contributed by atoms with E-state index in [-0.39, 0.29) is 6.04 Å². The summed E-state index contributed by atoms with van der Waals surface area (Å²) >= 11 is 0. The summed E-state index contributed by atoms with van der Waals surface area (Å²) in [5.74, 6) is -2.65. The van der Waals surface area contributed by atoms with Crippen molar-refractivity contribution in [3.63, 3.8) is 0 Å². The summed E-state index contributed by atoms with van der Waals surface area (Å²) in [6.45, 7) is 1.86. The van der Waals surface area contributed by atoms with E-state index < -0.39 is 33.7 Å². The molecular formula is C13H13F2N3O3. The standard InChI is InChI=1S/C13H13F2N3O3/c14-8-3-9(12(15)10(4-8)18(20)21)13(19)17-2-1-7-5-16-6-11(7)17/h3-4,7,11,16H,1-2,5-6H2/t7-,11+/m0/s1. The van der Waals surface area contributed by atoms with E-state index in [4.69, 9.17) is 0 Å². The van der Waals surface area contributed by atoms with Crippen LogP contribution in [0.5, 0.6) is 0 Å². The minimum absolute atomic E-state index is 0.0563. The quantitative estimate of drug-likeness (QED) is 0.659. The monoisotopic (exact) mass is 297 g/mol. The Morgan fingerprint density at radius 3 is 2.86 bits per heavy atom. The van der Waals surface area contributed by atoms with Gasteiger partial charge in [0.2, 0.25) is 5.82 Å². The fraction of sp³-hybridized carbons (Fsp3) is 0.462. The minimum atomic E-state index is -1.28. The number of nitrogens with zero attached hydrogens (tertiary/aromatic N) is 2. The Bertz CT molecular complexity index is 623. The van der Waals surface area contributed by atoms with Crippen molar-refractivity contribution >= 4 is 11.6 Å². The van der Waals surface area contributed by atoms with E-state index in [9.17, 15) is 23.7 Å². The molecule has 0 saturated carbocycles. The van der Waals surface area contributed by atoms with Gasteiger partial charge in [0.15, 0.2) is 0 Å². The van der Waals surface area contributed by atoms with Crippen LogP contribution in [0.25, 0.3) is 0 Å². The van der Waals surface area contributed by atoms with Gasteiger partial charge < -0.3 is 10.2 Å². The highest BCUT2D eigenvalue weighted by Crippen LogP contribution is 2.30. The molecule has 2 heterocycles. The number of hydrogen-bond acceptors (Lipinski definition) is 4. The first kappa shape index (κ1) is 13.9. The maximum atomic E-state index is 14.1. The average Bonchev–Trinajstić information content (AvgIpc) is 3.02. The van der Waals surface area contributed by atoms with E-state index in [0.717, 1.165) is 19.0 Å². The van der Waals surface area contributed by atoms with Crippen molar-refractivity contribution in [2.45, 2.75) is 12.5 Å². The van der Waals surface area contributed by atoms with Gasteiger partial charge in [-0.15, -0.1) is 0 Å². The minimum Gasteiger partial charge on any atom is -0.334 e. The summed E-state index contributed by atoms with van der Waals surface area (Å²) in [6.07, 6.45) is 0.794. The molecule has 2 aliphatic rings. The maximum absolute atomic E-state index is 14.1. The molecular weight excluding hydrogens is 284 g/mol. The van der Waals surface area contributed by atoms with E-state index in [1.54, 1.807) is 0 Å². The summed E-state index contributed by atoms with van der Waals surface area (Å²) in [5, 5.41) is 13.9. The molecule has 0 bridgehead atoms. The SMILES string of the molecule is O=C(c1cc(F)cc([N+](=O)[O-])c1F)N1CC[C@H]2CNC[C@H]21. The predicted octanol–water partition coefficient (Wildman–Crippen LogP) is 1.31. The number of fused-ring (bicyclic) bond motifs is 1. The molecule has 1 N–H and O–H groups in total. The Hall–Kier alpha value is -2.09. The van der Waals surface area contributed by atoms with Gasteiger partial charge in [-0.3, -0.25) is 14.9 Å². The molecule has 0 aliphatic carbocycles. The lowest BCUT2D eigenvalue weighted by molar-refractivity contribution is -0.387. The molecule has 6 nitrogen and oxygen atoms in total. The maximum Gasteiger partial charge on any atom is 0.308 e. The van der Waals surface area contributed by atoms with Crippen molar-refractivity contribution < 1.29 is 18.5 Å². The van der Waals surface area contributed by atoms with E-state index in [1.807, 2.05) is 0 Å². The van der Waals surface area contributed by atoms with Crippen molar-refractivity contribution in [1.29, 1.82) is 0 Å². The molecule has 2 atom stereocenters. The third-order valence-electron chi connectivity index (χ3n) is 4.15. The van der Waals surface area contributed by atoms with Gasteiger partial charge in [-0.05, 0) is 18.4 Å². The second kappa shape index (κ2) is 5.03. The summed E-state index contributed by atoms with van der Waals surface area (Å²) < 4.78 is 27.5. The highest BCUT2D eigenvalue weighted by atomic mass is 19.1. The largest absolute Gasteiger partial charge is 0.334 e. The van der Waals surface area contributed by atoms with Crippen LogP contribution in [0.15, 0.2) is 12.1 Å². The Morgan fingerprint density at radius 1 is 1.38 bits per heavy atom. The number of carbonyl (C=O) groups excluding carboxylic acids is 1. The van der Waals surface area contributed by atoms with E-state index in [1.165, 1.54) is 4.90 Å². The number of benzene rings is 1. The van der Waals surface area contributed by atoms with Crippen LogP contribution in [0, 0.1) is 27.7 Å². The molecule has 21 heavy (non-hydrogen) atoms. The van der Waals surface area contributed by atoms with Gasteiger partial charge in [0, 0.05) is 25.7 Å². The van der Waals surface area contributed by atoms with Crippen LogP contribution >= 0.6 is 0 Å². The Kier molecular flexibility index (Phi) is 3.32. The van der Waals surface area contributed by atoms with Crippen LogP contribution in [-0.2, 0) is 0 Å². The fourth-order valence-electron chi connectivity index (χ4n) is 3.12. The highest BCUT2D eigenvalue weighted by Gasteiger charge is 2.41. The van der Waals surface area contributed by atoms with Gasteiger partial charge in [-0.25, -0.2) is 4.39 Å². The number of carbonyl (C=O) groups is 1. The summed E-state index contributed by atoms with van der Waals surface area (Å²) in [7, 11) is 0. The zero-order valence-corrected chi connectivity index (χ0v) is 11.0. The van der Waals surface area contributed by atoms with Crippen LogP contribution in [-0.4, -0.2) is 41.4 Å². The van der Waals surface area contributed by atoms with Gasteiger partial charge >= 0.3 is 5.69 Å². The molecule has 1 aromatic carbocycles. The molecule has 1 amide bonds. The molecule has 0 aromatic heterocycles. The number of nitro groups is 1. The van der Waals surface area contributed by atoms with Crippen LogP contribution in [0.4, 0.5) is 14.5 Å². The third-order valence-corrected chi connectivity index (χ3v) is 4.15. The predicted molar refractivity (Wildman–Crippen MR) is 68.8 cm³/mol. The lowest BCUT2D eigenvalue weighted by atomic mass is 10.0. The normalized spacial score (nSPS) is 24.2. The number of likely N-dealkylation sites (tertiary alicyclic amines) is 1. The lowest BCUT2D eigenvalue weighted by Gasteiger charge is -2.23. The molecule has 112 valence electrons. The highest BCUT2D eigenvalue weighted by molar-refractivity contribution is 5.95. The second-order valence-electron chi connectivity index (χ2n) is 5.32. The van der Waals surface area contributed by atoms with Crippen LogP contribution in [0.3, 0.4) is 0 Å².